The van der Waals surface area contributed by atoms with Crippen LogP contribution in [0.3, 0.4) is 0 Å². The van der Waals surface area contributed by atoms with Crippen LogP contribution in [0.15, 0.2) is 54.6 Å². The minimum absolute atomic E-state index is 0.209. The Balaban J connectivity index is 2.39. The predicted octanol–water partition coefficient (Wildman–Crippen LogP) is 2.70. The molecule has 168 valence electrons. The van der Waals surface area contributed by atoms with Crippen molar-refractivity contribution in [3.8, 4) is 0 Å². The minimum Gasteiger partial charge on any atom is -0.355 e. The van der Waals surface area contributed by atoms with Crippen molar-refractivity contribution in [3.63, 3.8) is 0 Å². The van der Waals surface area contributed by atoms with Gasteiger partial charge >= 0.3 is 0 Å². The fourth-order valence-electron chi connectivity index (χ4n) is 3.32. The first-order chi connectivity index (χ1) is 14.7. The zero-order valence-electron chi connectivity index (χ0n) is 18.5. The van der Waals surface area contributed by atoms with Crippen molar-refractivity contribution in [1.29, 1.82) is 0 Å². The number of carbonyl (C=O) groups is 2. The highest BCUT2D eigenvalue weighted by molar-refractivity contribution is 7.92. The lowest BCUT2D eigenvalue weighted by Gasteiger charge is -2.32. The van der Waals surface area contributed by atoms with E-state index in [1.165, 1.54) is 4.90 Å². The molecule has 2 aromatic rings. The largest absolute Gasteiger partial charge is 0.355 e. The van der Waals surface area contributed by atoms with Crippen LogP contribution in [0, 0.1) is 6.92 Å². The number of nitrogens with one attached hydrogen (secondary N) is 1. The van der Waals surface area contributed by atoms with Gasteiger partial charge in [0.15, 0.2) is 0 Å². The van der Waals surface area contributed by atoms with Gasteiger partial charge < -0.3 is 10.2 Å². The van der Waals surface area contributed by atoms with Gasteiger partial charge in [-0.25, -0.2) is 8.42 Å². The fraction of sp³-hybridized carbons (Fsp3) is 0.391. The summed E-state index contributed by atoms with van der Waals surface area (Å²) in [4.78, 5) is 27.5. The maximum Gasteiger partial charge on any atom is 0.244 e. The summed E-state index contributed by atoms with van der Waals surface area (Å²) in [6.45, 7) is 5.82. The molecule has 0 heterocycles. The summed E-state index contributed by atoms with van der Waals surface area (Å²) in [5.74, 6) is -0.691. The van der Waals surface area contributed by atoms with Gasteiger partial charge in [-0.1, -0.05) is 55.0 Å². The van der Waals surface area contributed by atoms with Crippen LogP contribution in [0.4, 0.5) is 5.69 Å². The third-order valence-electron chi connectivity index (χ3n) is 4.93. The number of hydrogen-bond donors (Lipinski definition) is 1. The van der Waals surface area contributed by atoms with E-state index in [0.717, 1.165) is 21.7 Å². The summed E-state index contributed by atoms with van der Waals surface area (Å²) >= 11 is 0. The third kappa shape index (κ3) is 6.82. The van der Waals surface area contributed by atoms with E-state index in [-0.39, 0.29) is 19.0 Å². The maximum atomic E-state index is 13.4. The van der Waals surface area contributed by atoms with Gasteiger partial charge in [-0.3, -0.25) is 13.9 Å². The number of rotatable bonds is 10. The molecule has 0 aromatic heterocycles. The molecule has 0 fully saturated rings. The molecule has 8 heteroatoms. The van der Waals surface area contributed by atoms with E-state index in [4.69, 9.17) is 0 Å². The van der Waals surface area contributed by atoms with Crippen molar-refractivity contribution in [3.05, 3.63) is 65.7 Å². The Morgan fingerprint density at radius 2 is 1.61 bits per heavy atom. The Morgan fingerprint density at radius 3 is 2.13 bits per heavy atom. The second-order valence-electron chi connectivity index (χ2n) is 7.43. The number of benzene rings is 2. The number of aryl methyl sites for hydroxylation is 1. The lowest BCUT2D eigenvalue weighted by molar-refractivity contribution is -0.140. The highest BCUT2D eigenvalue weighted by Gasteiger charge is 2.31. The number of nitrogens with zero attached hydrogens (tertiary/aromatic N) is 2. The molecule has 1 N–H and O–H groups in total. The molecule has 2 rings (SSSR count). The van der Waals surface area contributed by atoms with Gasteiger partial charge in [-0.2, -0.15) is 0 Å². The molecule has 2 aromatic carbocycles. The first kappa shape index (κ1) is 24.4. The number of carbonyl (C=O) groups excluding carboxylic acids is 2. The molecule has 0 aliphatic carbocycles. The Kier molecular flexibility index (Phi) is 8.62. The minimum atomic E-state index is -3.71. The molecule has 0 unspecified atom stereocenters. The third-order valence-corrected chi connectivity index (χ3v) is 6.07. The summed E-state index contributed by atoms with van der Waals surface area (Å²) in [6.07, 6.45) is 1.48. The van der Waals surface area contributed by atoms with E-state index >= 15 is 0 Å². The summed E-state index contributed by atoms with van der Waals surface area (Å²) < 4.78 is 26.1. The van der Waals surface area contributed by atoms with Crippen LogP contribution in [0.5, 0.6) is 0 Å². The molecule has 0 aliphatic rings. The topological polar surface area (TPSA) is 86.8 Å². The summed E-state index contributed by atoms with van der Waals surface area (Å²) in [7, 11) is -3.71. The van der Waals surface area contributed by atoms with Gasteiger partial charge in [0.25, 0.3) is 0 Å². The van der Waals surface area contributed by atoms with Gasteiger partial charge in [0, 0.05) is 13.1 Å². The quantitative estimate of drug-likeness (QED) is 0.609. The average molecular weight is 446 g/mol. The van der Waals surface area contributed by atoms with Crippen molar-refractivity contribution in [2.24, 2.45) is 0 Å². The van der Waals surface area contributed by atoms with E-state index in [1.807, 2.05) is 51.1 Å². The van der Waals surface area contributed by atoms with E-state index < -0.39 is 22.0 Å². The summed E-state index contributed by atoms with van der Waals surface area (Å²) in [5, 5.41) is 2.77. The normalized spacial score (nSPS) is 12.1. The molecule has 0 saturated heterocycles. The SMILES string of the molecule is CCNC(=O)[C@H](CC)N(Cc1ccccc1)C(=O)CN(c1ccc(C)cc1)S(C)(=O)=O. The van der Waals surface area contributed by atoms with Crippen LogP contribution >= 0.6 is 0 Å². The predicted molar refractivity (Wildman–Crippen MR) is 123 cm³/mol. The lowest BCUT2D eigenvalue weighted by Crippen LogP contribution is -2.52. The first-order valence-electron chi connectivity index (χ1n) is 10.3. The van der Waals surface area contributed by atoms with Crippen molar-refractivity contribution < 1.29 is 18.0 Å². The molecular formula is C23H31N3O4S. The number of likely N-dealkylation sites (N-methyl/N-ethyl adjacent to an activating group) is 1. The standard InChI is InChI=1S/C23H31N3O4S/c1-5-21(23(28)24-6-2)25(16-19-10-8-7-9-11-19)22(27)17-26(31(4,29)30)20-14-12-18(3)13-15-20/h7-15,21H,5-6,16-17H2,1-4H3,(H,24,28)/t21-/m0/s1. The van der Waals surface area contributed by atoms with Gasteiger partial charge in [-0.05, 0) is 38.0 Å². The van der Waals surface area contributed by atoms with Gasteiger partial charge in [0.05, 0.1) is 11.9 Å². The molecule has 1 atom stereocenters. The Labute approximate surface area is 185 Å². The average Bonchev–Trinajstić information content (AvgIpc) is 2.72. The lowest BCUT2D eigenvalue weighted by atomic mass is 10.1. The first-order valence-corrected chi connectivity index (χ1v) is 12.2. The van der Waals surface area contributed by atoms with Crippen LogP contribution < -0.4 is 9.62 Å². The highest BCUT2D eigenvalue weighted by Crippen LogP contribution is 2.20. The second kappa shape index (κ2) is 10.9. The number of amides is 2. The molecule has 0 spiro atoms. The van der Waals surface area contributed by atoms with Gasteiger partial charge in [-0.15, -0.1) is 0 Å². The number of hydrogen-bond acceptors (Lipinski definition) is 4. The zero-order valence-corrected chi connectivity index (χ0v) is 19.4. The van der Waals surface area contributed by atoms with Gasteiger partial charge in [0.1, 0.15) is 12.6 Å². The summed E-state index contributed by atoms with van der Waals surface area (Å²) in [6, 6.07) is 15.6. The second-order valence-corrected chi connectivity index (χ2v) is 9.34. The fourth-order valence-corrected chi connectivity index (χ4v) is 4.17. The van der Waals surface area contributed by atoms with Crippen molar-refractivity contribution in [1.82, 2.24) is 10.2 Å². The monoisotopic (exact) mass is 445 g/mol. The Bertz CT molecular complexity index is 976. The van der Waals surface area contributed by atoms with Crippen molar-refractivity contribution >= 4 is 27.5 Å². The van der Waals surface area contributed by atoms with Crippen LogP contribution in [-0.4, -0.2) is 50.5 Å². The molecule has 0 aliphatic heterocycles. The zero-order chi connectivity index (χ0) is 23.0. The highest BCUT2D eigenvalue weighted by atomic mass is 32.2. The molecule has 0 radical (unpaired) electrons. The molecule has 7 nitrogen and oxygen atoms in total. The summed E-state index contributed by atoms with van der Waals surface area (Å²) in [5.41, 5.74) is 2.25. The smallest absolute Gasteiger partial charge is 0.244 e. The van der Waals surface area contributed by atoms with Crippen LogP contribution in [-0.2, 0) is 26.2 Å². The van der Waals surface area contributed by atoms with Crippen LogP contribution in [0.1, 0.15) is 31.4 Å². The molecule has 0 bridgehead atoms. The Hall–Kier alpha value is -2.87. The van der Waals surface area contributed by atoms with Crippen molar-refractivity contribution in [2.75, 3.05) is 23.7 Å². The van der Waals surface area contributed by atoms with Gasteiger partial charge in [0.2, 0.25) is 21.8 Å². The van der Waals surface area contributed by atoms with Crippen LogP contribution in [0.2, 0.25) is 0 Å². The number of anilines is 1. The van der Waals surface area contributed by atoms with Crippen LogP contribution in [0.25, 0.3) is 0 Å². The van der Waals surface area contributed by atoms with E-state index in [1.54, 1.807) is 24.3 Å². The molecule has 0 saturated carbocycles. The maximum absolute atomic E-state index is 13.4. The molecule has 2 amide bonds. The van der Waals surface area contributed by atoms with E-state index in [0.29, 0.717) is 18.7 Å². The van der Waals surface area contributed by atoms with Crippen molar-refractivity contribution in [2.45, 2.75) is 39.8 Å². The Morgan fingerprint density at radius 1 is 1.00 bits per heavy atom. The van der Waals surface area contributed by atoms with E-state index in [2.05, 4.69) is 5.32 Å². The van der Waals surface area contributed by atoms with E-state index in [9.17, 15) is 18.0 Å². The molecular weight excluding hydrogens is 414 g/mol. The molecule has 31 heavy (non-hydrogen) atoms. The number of sulfonamides is 1.